The standard InChI is InChI=1S/C8H15FN2O/c1-3-7-10-6(2)8(12)11(7)5-4-9/h6-7,10H,3-5H2,1-2H3. The fourth-order valence-corrected chi connectivity index (χ4v) is 1.55. The van der Waals surface area contributed by atoms with E-state index in [1.807, 2.05) is 13.8 Å². The number of carbonyl (C=O) groups is 1. The van der Waals surface area contributed by atoms with Gasteiger partial charge in [-0.05, 0) is 13.3 Å². The second-order valence-corrected chi connectivity index (χ2v) is 3.03. The first kappa shape index (κ1) is 9.45. The molecule has 0 aromatic rings. The van der Waals surface area contributed by atoms with Crippen molar-refractivity contribution in [1.82, 2.24) is 10.2 Å². The minimum absolute atomic E-state index is 0.0134. The topological polar surface area (TPSA) is 32.3 Å². The van der Waals surface area contributed by atoms with Gasteiger partial charge in [0.2, 0.25) is 5.91 Å². The largest absolute Gasteiger partial charge is 0.323 e. The number of hydrogen-bond acceptors (Lipinski definition) is 2. The zero-order valence-electron chi connectivity index (χ0n) is 7.51. The number of amides is 1. The minimum Gasteiger partial charge on any atom is -0.323 e. The SMILES string of the molecule is CCC1NC(C)C(=O)N1CCF. The molecule has 1 heterocycles. The van der Waals surface area contributed by atoms with E-state index in [1.165, 1.54) is 0 Å². The zero-order chi connectivity index (χ0) is 9.14. The van der Waals surface area contributed by atoms with Crippen molar-refractivity contribution in [1.29, 1.82) is 0 Å². The quantitative estimate of drug-likeness (QED) is 0.676. The molecule has 0 spiro atoms. The van der Waals surface area contributed by atoms with Crippen LogP contribution in [0.5, 0.6) is 0 Å². The maximum absolute atomic E-state index is 12.0. The molecule has 0 radical (unpaired) electrons. The molecule has 0 aromatic heterocycles. The smallest absolute Gasteiger partial charge is 0.240 e. The molecule has 0 saturated carbocycles. The Labute approximate surface area is 71.9 Å². The molecule has 1 N–H and O–H groups in total. The summed E-state index contributed by atoms with van der Waals surface area (Å²) in [7, 11) is 0. The van der Waals surface area contributed by atoms with Gasteiger partial charge in [0.05, 0.1) is 18.8 Å². The van der Waals surface area contributed by atoms with Crippen molar-refractivity contribution in [2.24, 2.45) is 0 Å². The summed E-state index contributed by atoms with van der Waals surface area (Å²) in [4.78, 5) is 12.9. The third-order valence-corrected chi connectivity index (χ3v) is 2.18. The van der Waals surface area contributed by atoms with Crippen molar-refractivity contribution in [2.75, 3.05) is 13.2 Å². The number of halogens is 1. The highest BCUT2D eigenvalue weighted by atomic mass is 19.1. The molecule has 1 aliphatic heterocycles. The Bertz CT molecular complexity index is 174. The highest BCUT2D eigenvalue weighted by Gasteiger charge is 2.34. The number of rotatable bonds is 3. The van der Waals surface area contributed by atoms with Crippen LogP contribution in [0, 0.1) is 0 Å². The number of nitrogens with one attached hydrogen (secondary N) is 1. The fourth-order valence-electron chi connectivity index (χ4n) is 1.55. The average molecular weight is 174 g/mol. The fraction of sp³-hybridized carbons (Fsp3) is 0.875. The van der Waals surface area contributed by atoms with E-state index in [0.717, 1.165) is 6.42 Å². The Morgan fingerprint density at radius 2 is 2.33 bits per heavy atom. The number of carbonyl (C=O) groups excluding carboxylic acids is 1. The molecule has 70 valence electrons. The van der Waals surface area contributed by atoms with Gasteiger partial charge in [0.15, 0.2) is 0 Å². The van der Waals surface area contributed by atoms with Gasteiger partial charge >= 0.3 is 0 Å². The Morgan fingerprint density at radius 1 is 1.67 bits per heavy atom. The lowest BCUT2D eigenvalue weighted by Crippen LogP contribution is -2.38. The van der Waals surface area contributed by atoms with Gasteiger partial charge in [-0.25, -0.2) is 4.39 Å². The van der Waals surface area contributed by atoms with Crippen LogP contribution in [0.25, 0.3) is 0 Å². The molecule has 1 saturated heterocycles. The summed E-state index contributed by atoms with van der Waals surface area (Å²) < 4.78 is 12.0. The van der Waals surface area contributed by atoms with Gasteiger partial charge in [-0.1, -0.05) is 6.92 Å². The number of alkyl halides is 1. The molecule has 2 atom stereocenters. The molecule has 4 heteroatoms. The maximum atomic E-state index is 12.0. The van der Waals surface area contributed by atoms with E-state index in [1.54, 1.807) is 4.90 Å². The second kappa shape index (κ2) is 3.85. The minimum atomic E-state index is -0.462. The number of nitrogens with zero attached hydrogens (tertiary/aromatic N) is 1. The van der Waals surface area contributed by atoms with Crippen LogP contribution >= 0.6 is 0 Å². The third kappa shape index (κ3) is 1.58. The van der Waals surface area contributed by atoms with Crippen LogP contribution in [0.2, 0.25) is 0 Å². The van der Waals surface area contributed by atoms with Crippen molar-refractivity contribution in [2.45, 2.75) is 32.5 Å². The molecule has 1 rings (SSSR count). The molecular formula is C8H15FN2O. The first-order valence-corrected chi connectivity index (χ1v) is 4.33. The molecule has 1 amide bonds. The van der Waals surface area contributed by atoms with Crippen LogP contribution in [0.3, 0.4) is 0 Å². The lowest BCUT2D eigenvalue weighted by Gasteiger charge is -2.21. The van der Waals surface area contributed by atoms with E-state index in [2.05, 4.69) is 5.32 Å². The Hall–Kier alpha value is -0.640. The number of hydrogen-bond donors (Lipinski definition) is 1. The van der Waals surface area contributed by atoms with Gasteiger partial charge in [0.1, 0.15) is 6.67 Å². The molecule has 0 aliphatic carbocycles. The highest BCUT2D eigenvalue weighted by molar-refractivity contribution is 5.83. The normalized spacial score (nSPS) is 29.9. The second-order valence-electron chi connectivity index (χ2n) is 3.03. The summed E-state index contributed by atoms with van der Waals surface area (Å²) in [5.41, 5.74) is 0. The van der Waals surface area contributed by atoms with E-state index in [9.17, 15) is 9.18 Å². The van der Waals surface area contributed by atoms with Crippen LogP contribution in [0.1, 0.15) is 20.3 Å². The maximum Gasteiger partial charge on any atom is 0.240 e. The monoisotopic (exact) mass is 174 g/mol. The van der Waals surface area contributed by atoms with Crippen LogP contribution in [0.4, 0.5) is 4.39 Å². The molecule has 1 aliphatic rings. The van der Waals surface area contributed by atoms with Gasteiger partial charge in [0.25, 0.3) is 0 Å². The van der Waals surface area contributed by atoms with E-state index in [0.29, 0.717) is 0 Å². The Kier molecular flexibility index (Phi) is 3.03. The Morgan fingerprint density at radius 3 is 2.83 bits per heavy atom. The van der Waals surface area contributed by atoms with E-state index < -0.39 is 6.67 Å². The summed E-state index contributed by atoms with van der Waals surface area (Å²) in [5, 5.41) is 3.10. The summed E-state index contributed by atoms with van der Waals surface area (Å²) in [6, 6.07) is -0.151. The summed E-state index contributed by atoms with van der Waals surface area (Å²) in [5.74, 6) is 0.0134. The zero-order valence-corrected chi connectivity index (χ0v) is 7.51. The Balaban J connectivity index is 2.60. The molecule has 3 nitrogen and oxygen atoms in total. The van der Waals surface area contributed by atoms with Crippen molar-refractivity contribution in [3.8, 4) is 0 Å². The van der Waals surface area contributed by atoms with Crippen LogP contribution in [-0.4, -0.2) is 36.2 Å². The summed E-state index contributed by atoms with van der Waals surface area (Å²) in [6.07, 6.45) is 0.860. The molecule has 0 aromatic carbocycles. The van der Waals surface area contributed by atoms with Crippen LogP contribution < -0.4 is 5.32 Å². The highest BCUT2D eigenvalue weighted by Crippen LogP contribution is 2.12. The molecule has 2 unspecified atom stereocenters. The molecular weight excluding hydrogens is 159 g/mol. The van der Waals surface area contributed by atoms with Gasteiger partial charge in [-0.15, -0.1) is 0 Å². The summed E-state index contributed by atoms with van der Waals surface area (Å²) in [6.45, 7) is 3.54. The lowest BCUT2D eigenvalue weighted by molar-refractivity contribution is -0.129. The first-order chi connectivity index (χ1) is 5.70. The average Bonchev–Trinajstić information content (AvgIpc) is 2.33. The molecule has 12 heavy (non-hydrogen) atoms. The van der Waals surface area contributed by atoms with E-state index in [-0.39, 0.29) is 24.7 Å². The van der Waals surface area contributed by atoms with E-state index >= 15 is 0 Å². The van der Waals surface area contributed by atoms with Gasteiger partial charge in [-0.2, -0.15) is 0 Å². The van der Waals surface area contributed by atoms with Gasteiger partial charge in [-0.3, -0.25) is 10.1 Å². The molecule has 1 fully saturated rings. The summed E-state index contributed by atoms with van der Waals surface area (Å²) >= 11 is 0. The van der Waals surface area contributed by atoms with Crippen molar-refractivity contribution < 1.29 is 9.18 Å². The van der Waals surface area contributed by atoms with Gasteiger partial charge in [0, 0.05) is 0 Å². The van der Waals surface area contributed by atoms with Gasteiger partial charge < -0.3 is 4.90 Å². The van der Waals surface area contributed by atoms with Crippen molar-refractivity contribution in [3.63, 3.8) is 0 Å². The lowest BCUT2D eigenvalue weighted by atomic mass is 10.3. The van der Waals surface area contributed by atoms with E-state index in [4.69, 9.17) is 0 Å². The van der Waals surface area contributed by atoms with Crippen molar-refractivity contribution in [3.05, 3.63) is 0 Å². The first-order valence-electron chi connectivity index (χ1n) is 4.33. The molecule has 0 bridgehead atoms. The predicted octanol–water partition coefficient (Wildman–Crippen LogP) is 0.512. The predicted molar refractivity (Wildman–Crippen MR) is 44.4 cm³/mol. The van der Waals surface area contributed by atoms with Crippen LogP contribution in [0.15, 0.2) is 0 Å². The van der Waals surface area contributed by atoms with Crippen LogP contribution in [-0.2, 0) is 4.79 Å². The van der Waals surface area contributed by atoms with Crippen molar-refractivity contribution >= 4 is 5.91 Å². The third-order valence-electron chi connectivity index (χ3n) is 2.18.